The molecule has 3 amide bonds. The molecule has 0 saturated carbocycles. The van der Waals surface area contributed by atoms with Gasteiger partial charge in [0.25, 0.3) is 0 Å². The molecule has 0 radical (unpaired) electrons. The third-order valence-corrected chi connectivity index (χ3v) is 14.1. The topological polar surface area (TPSA) is 180 Å². The number of rotatable bonds is 10. The summed E-state index contributed by atoms with van der Waals surface area (Å²) in [4.78, 5) is 74.7. The second kappa shape index (κ2) is 20.1. The largest absolute Gasteiger partial charge is 0.458 e. The number of benzene rings is 1. The van der Waals surface area contributed by atoms with Crippen LogP contribution in [0.3, 0.4) is 0 Å². The highest BCUT2D eigenvalue weighted by molar-refractivity contribution is 6.30. The van der Waals surface area contributed by atoms with Crippen molar-refractivity contribution in [3.63, 3.8) is 0 Å². The fraction of sp³-hybridized carbons (Fsp3) is 0.756. The van der Waals surface area contributed by atoms with Gasteiger partial charge in [0, 0.05) is 48.5 Å². The van der Waals surface area contributed by atoms with Crippen molar-refractivity contribution in [2.24, 2.45) is 23.7 Å². The van der Waals surface area contributed by atoms with Crippen LogP contribution in [0.5, 0.6) is 0 Å². The minimum atomic E-state index is -1.49. The summed E-state index contributed by atoms with van der Waals surface area (Å²) in [6.45, 7) is 18.2. The smallest absolute Gasteiger partial charge is 0.419 e. The summed E-state index contributed by atoms with van der Waals surface area (Å²) in [5.74, 6) is -4.66. The molecule has 1 aromatic carbocycles. The van der Waals surface area contributed by atoms with Crippen molar-refractivity contribution in [3.05, 3.63) is 34.9 Å². The Morgan fingerprint density at radius 2 is 1.69 bits per heavy atom. The van der Waals surface area contributed by atoms with Crippen LogP contribution in [0.25, 0.3) is 0 Å². The zero-order valence-corrected chi connectivity index (χ0v) is 39.1. The lowest BCUT2D eigenvalue weighted by atomic mass is 9.73. The van der Waals surface area contributed by atoms with Gasteiger partial charge >= 0.3 is 24.2 Å². The normalized spacial score (nSPS) is 37.5. The molecule has 4 heterocycles. The van der Waals surface area contributed by atoms with Crippen LogP contribution in [0.4, 0.5) is 14.4 Å². The first-order valence-corrected chi connectivity index (χ1v) is 22.3. The van der Waals surface area contributed by atoms with Gasteiger partial charge in [0.05, 0.1) is 36.3 Å². The minimum Gasteiger partial charge on any atom is -0.458 e. The van der Waals surface area contributed by atoms with E-state index in [0.717, 1.165) is 10.5 Å². The van der Waals surface area contributed by atoms with E-state index < -0.39 is 102 Å². The number of carbonyl (C=O) groups is 5. The number of ketones is 1. The van der Waals surface area contributed by atoms with Gasteiger partial charge in [-0.3, -0.25) is 19.4 Å². The molecule has 0 aliphatic carbocycles. The number of imide groups is 1. The summed E-state index contributed by atoms with van der Waals surface area (Å²) in [6.07, 6.45) is -7.16. The monoisotopic (exact) mass is 893 g/mol. The molecule has 348 valence electrons. The van der Waals surface area contributed by atoms with Crippen LogP contribution in [-0.2, 0) is 49.2 Å². The Kier molecular flexibility index (Phi) is 16.0. The van der Waals surface area contributed by atoms with Crippen molar-refractivity contribution in [3.8, 4) is 0 Å². The van der Waals surface area contributed by atoms with E-state index in [9.17, 15) is 29.1 Å². The van der Waals surface area contributed by atoms with Crippen molar-refractivity contribution in [2.75, 3.05) is 33.9 Å². The van der Waals surface area contributed by atoms with E-state index in [4.69, 9.17) is 44.8 Å². The standard InChI is InChI=1S/C45H68ClN3O13/c1-13-33-45(10)37(48(41(53)62-45)20-18-30-14-16-31(46)17-15-30)27(6)34(50)25(4)22-44(9,56-12)38(61-40-35(51)32(19-21-57-40)47(11)24(2)3)28(7)36(29(8)39(52)59-33)60-43(55)49-26(5)23-58-42(49)54/h14-17,24-29,32-33,35-38,40,51H,13,18-23H2,1-12H3/t25-,26-,27+,28+,29-,32+,33-,35-,36+,37-,38-,40+,44+,45-/m1/s1. The number of ether oxygens (including phenoxy) is 7. The Bertz CT molecular complexity index is 1770. The number of fused-ring (bicyclic) bond motifs is 1. The summed E-state index contributed by atoms with van der Waals surface area (Å²) >= 11 is 6.14. The molecule has 0 spiro atoms. The van der Waals surface area contributed by atoms with Crippen molar-refractivity contribution in [1.82, 2.24) is 14.7 Å². The Balaban J connectivity index is 1.61. The zero-order valence-electron chi connectivity index (χ0n) is 38.3. The number of cyclic esters (lactones) is 2. The maximum absolute atomic E-state index is 14.9. The molecule has 14 atom stereocenters. The summed E-state index contributed by atoms with van der Waals surface area (Å²) in [5.41, 5.74) is -1.94. The number of aliphatic hydroxyl groups is 1. The molecule has 1 aromatic rings. The van der Waals surface area contributed by atoms with Crippen LogP contribution >= 0.6 is 11.6 Å². The van der Waals surface area contributed by atoms with Gasteiger partial charge in [0.2, 0.25) is 0 Å². The number of nitrogens with zero attached hydrogens (tertiary/aromatic N) is 3. The molecular formula is C45H68ClN3O13. The lowest BCUT2D eigenvalue weighted by molar-refractivity contribution is -0.289. The van der Waals surface area contributed by atoms with E-state index in [1.165, 1.54) is 7.11 Å². The fourth-order valence-electron chi connectivity index (χ4n) is 9.95. The number of esters is 1. The van der Waals surface area contributed by atoms with E-state index in [2.05, 4.69) is 0 Å². The van der Waals surface area contributed by atoms with Gasteiger partial charge in [-0.2, -0.15) is 0 Å². The average Bonchev–Trinajstić information content (AvgIpc) is 3.71. The molecular weight excluding hydrogens is 826 g/mol. The molecule has 0 unspecified atom stereocenters. The number of carbonyl (C=O) groups excluding carboxylic acids is 5. The molecule has 0 bridgehead atoms. The van der Waals surface area contributed by atoms with Crippen LogP contribution in [0.1, 0.15) is 94.1 Å². The Labute approximate surface area is 371 Å². The zero-order chi connectivity index (χ0) is 46.0. The molecule has 4 aliphatic rings. The van der Waals surface area contributed by atoms with Crippen LogP contribution < -0.4 is 0 Å². The molecule has 4 aliphatic heterocycles. The number of halogens is 1. The number of hydrogen-bond acceptors (Lipinski definition) is 14. The SMILES string of the molecule is CC[C@H]1OC(=O)[C@H](C)[C@@H](OC(=O)N2C(=O)OC[C@H]2C)[C@H](C)[C@@H](O[C@@H]2OCC[C@H](N(C)C(C)C)[C@H]2O)[C@@](C)(OC)C[C@@H](C)C(=O)[C@H](C)[C@H]2N(CCc3ccc(Cl)cc3)C(=O)O[C@]12C. The lowest BCUT2D eigenvalue weighted by Crippen LogP contribution is -2.61. The molecule has 5 rings (SSSR count). The number of likely N-dealkylation sites (N-methyl/N-ethyl adjacent to an activating group) is 1. The second-order valence-electron chi connectivity index (χ2n) is 18.4. The van der Waals surface area contributed by atoms with Crippen LogP contribution in [0.15, 0.2) is 24.3 Å². The van der Waals surface area contributed by atoms with Gasteiger partial charge in [0.1, 0.15) is 30.7 Å². The first kappa shape index (κ1) is 49.5. The van der Waals surface area contributed by atoms with Crippen LogP contribution in [0.2, 0.25) is 5.02 Å². The Morgan fingerprint density at radius 3 is 2.27 bits per heavy atom. The first-order chi connectivity index (χ1) is 29.1. The molecule has 16 nitrogen and oxygen atoms in total. The number of amides is 3. The molecule has 1 N–H and O–H groups in total. The highest BCUT2D eigenvalue weighted by Crippen LogP contribution is 2.44. The lowest BCUT2D eigenvalue weighted by Gasteiger charge is -2.48. The van der Waals surface area contributed by atoms with Crippen molar-refractivity contribution < 1.29 is 62.2 Å². The number of aliphatic hydroxyl groups excluding tert-OH is 1. The summed E-state index contributed by atoms with van der Waals surface area (Å²) in [5, 5.41) is 12.4. The second-order valence-corrected chi connectivity index (χ2v) is 18.8. The highest BCUT2D eigenvalue weighted by atomic mass is 35.5. The molecule has 4 saturated heterocycles. The summed E-state index contributed by atoms with van der Waals surface area (Å²) in [6, 6.07) is 5.51. The van der Waals surface area contributed by atoms with Gasteiger partial charge in [-0.1, -0.05) is 51.4 Å². The van der Waals surface area contributed by atoms with Gasteiger partial charge < -0.3 is 38.3 Å². The molecule has 4 fully saturated rings. The van der Waals surface area contributed by atoms with Gasteiger partial charge in [-0.25, -0.2) is 19.3 Å². The van der Waals surface area contributed by atoms with E-state index in [-0.39, 0.29) is 50.5 Å². The van der Waals surface area contributed by atoms with E-state index in [0.29, 0.717) is 17.9 Å². The molecule has 62 heavy (non-hydrogen) atoms. The van der Waals surface area contributed by atoms with Crippen LogP contribution in [-0.4, -0.2) is 150 Å². The summed E-state index contributed by atoms with van der Waals surface area (Å²) in [7, 11) is 3.40. The van der Waals surface area contributed by atoms with Gasteiger partial charge in [-0.05, 0) is 92.0 Å². The Hall–Kier alpha value is -3.54. The predicted octanol–water partition coefficient (Wildman–Crippen LogP) is 6.25. The van der Waals surface area contributed by atoms with E-state index in [1.54, 1.807) is 72.4 Å². The third-order valence-electron chi connectivity index (χ3n) is 13.8. The first-order valence-electron chi connectivity index (χ1n) is 22.0. The van der Waals surface area contributed by atoms with Crippen molar-refractivity contribution in [1.29, 1.82) is 0 Å². The molecule has 0 aromatic heterocycles. The maximum Gasteiger partial charge on any atom is 0.419 e. The summed E-state index contributed by atoms with van der Waals surface area (Å²) < 4.78 is 43.1. The quantitative estimate of drug-likeness (QED) is 0.206. The Morgan fingerprint density at radius 1 is 1.03 bits per heavy atom. The number of methoxy groups -OCH3 is 1. The van der Waals surface area contributed by atoms with Gasteiger partial charge in [-0.15, -0.1) is 0 Å². The van der Waals surface area contributed by atoms with E-state index in [1.807, 2.05) is 37.9 Å². The average molecular weight is 894 g/mol. The predicted molar refractivity (Wildman–Crippen MR) is 227 cm³/mol. The highest BCUT2D eigenvalue weighted by Gasteiger charge is 2.60. The maximum atomic E-state index is 14.9. The fourth-order valence-corrected chi connectivity index (χ4v) is 10.1. The number of hydrogen-bond donors (Lipinski definition) is 1. The van der Waals surface area contributed by atoms with E-state index >= 15 is 0 Å². The van der Waals surface area contributed by atoms with Gasteiger partial charge in [0.15, 0.2) is 11.9 Å². The van der Waals surface area contributed by atoms with Crippen molar-refractivity contribution in [2.45, 2.75) is 161 Å². The third kappa shape index (κ3) is 10.0. The molecule has 17 heteroatoms. The minimum absolute atomic E-state index is 0.0418. The van der Waals surface area contributed by atoms with Crippen LogP contribution in [0, 0.1) is 23.7 Å². The van der Waals surface area contributed by atoms with Crippen molar-refractivity contribution >= 4 is 41.6 Å². The number of Topliss-reactive ketones (excluding diaryl/α,β-unsaturated/α-hetero) is 1.